The predicted molar refractivity (Wildman–Crippen MR) is 104 cm³/mol. The molecule has 5 heteroatoms. The highest BCUT2D eigenvalue weighted by molar-refractivity contribution is 6.31. The molecule has 1 aliphatic carbocycles. The fraction of sp³-hybridized carbons (Fsp3) is 0.667. The summed E-state index contributed by atoms with van der Waals surface area (Å²) in [6.07, 6.45) is 7.92. The number of amides is 1. The van der Waals surface area contributed by atoms with Gasteiger partial charge in [0, 0.05) is 26.1 Å². The van der Waals surface area contributed by atoms with Crippen LogP contribution in [0.2, 0.25) is 5.02 Å². The maximum atomic E-state index is 13.7. The molecule has 1 aliphatic heterocycles. The van der Waals surface area contributed by atoms with Gasteiger partial charge in [0.1, 0.15) is 5.82 Å². The molecule has 2 aliphatic rings. The summed E-state index contributed by atoms with van der Waals surface area (Å²) < 4.78 is 13.7. The standard InChI is InChI=1S/C21H30ClFN2O/c1-15(26)25-13-10-18(11-14-25)24-12-9-16-5-7-17(8-6-16)19-3-2-4-20(23)21(19)22/h2-4,16-18,24H,5-14H2,1H3. The summed E-state index contributed by atoms with van der Waals surface area (Å²) in [5.74, 6) is 1.05. The summed E-state index contributed by atoms with van der Waals surface area (Å²) >= 11 is 6.15. The van der Waals surface area contributed by atoms with E-state index in [2.05, 4.69) is 5.32 Å². The number of likely N-dealkylation sites (tertiary alicyclic amines) is 1. The number of carbonyl (C=O) groups is 1. The highest BCUT2D eigenvalue weighted by Gasteiger charge is 2.25. The number of rotatable bonds is 5. The van der Waals surface area contributed by atoms with Crippen LogP contribution in [0.3, 0.4) is 0 Å². The van der Waals surface area contributed by atoms with E-state index in [9.17, 15) is 9.18 Å². The first-order valence-electron chi connectivity index (χ1n) is 9.97. The predicted octanol–water partition coefficient (Wildman–Crippen LogP) is 4.74. The zero-order valence-corrected chi connectivity index (χ0v) is 16.4. The number of carbonyl (C=O) groups excluding carboxylic acids is 1. The average Bonchev–Trinajstić information content (AvgIpc) is 2.65. The Kier molecular flexibility index (Phi) is 6.93. The van der Waals surface area contributed by atoms with E-state index in [1.165, 1.54) is 25.3 Å². The molecule has 0 bridgehead atoms. The second-order valence-corrected chi connectivity index (χ2v) is 8.26. The van der Waals surface area contributed by atoms with Crippen LogP contribution < -0.4 is 5.32 Å². The summed E-state index contributed by atoms with van der Waals surface area (Å²) in [5.41, 5.74) is 0.987. The molecule has 144 valence electrons. The van der Waals surface area contributed by atoms with Crippen LogP contribution >= 0.6 is 11.6 Å². The van der Waals surface area contributed by atoms with Crippen molar-refractivity contribution >= 4 is 17.5 Å². The Hall–Kier alpha value is -1.13. The Bertz CT molecular complexity index is 608. The van der Waals surface area contributed by atoms with E-state index in [-0.39, 0.29) is 11.7 Å². The van der Waals surface area contributed by atoms with Crippen molar-refractivity contribution in [3.8, 4) is 0 Å². The first kappa shape index (κ1) is 19.6. The molecule has 1 N–H and O–H groups in total. The van der Waals surface area contributed by atoms with E-state index in [0.717, 1.165) is 56.8 Å². The van der Waals surface area contributed by atoms with Crippen LogP contribution in [0.5, 0.6) is 0 Å². The number of hydrogen-bond donors (Lipinski definition) is 1. The van der Waals surface area contributed by atoms with Crippen LogP contribution in [-0.4, -0.2) is 36.5 Å². The number of piperidine rings is 1. The van der Waals surface area contributed by atoms with Crippen LogP contribution in [-0.2, 0) is 4.79 Å². The maximum Gasteiger partial charge on any atom is 0.219 e. The maximum absolute atomic E-state index is 13.7. The molecule has 0 aromatic heterocycles. The molecule has 0 radical (unpaired) electrons. The van der Waals surface area contributed by atoms with E-state index < -0.39 is 0 Å². The number of nitrogens with one attached hydrogen (secondary N) is 1. The Morgan fingerprint density at radius 2 is 1.88 bits per heavy atom. The quantitative estimate of drug-likeness (QED) is 0.799. The topological polar surface area (TPSA) is 32.3 Å². The molecule has 3 rings (SSSR count). The lowest BCUT2D eigenvalue weighted by atomic mass is 9.77. The fourth-order valence-corrected chi connectivity index (χ4v) is 4.77. The molecular formula is C21H30ClFN2O. The van der Waals surface area contributed by atoms with Gasteiger partial charge in [-0.3, -0.25) is 4.79 Å². The minimum Gasteiger partial charge on any atom is -0.343 e. The second-order valence-electron chi connectivity index (χ2n) is 7.88. The van der Waals surface area contributed by atoms with Gasteiger partial charge in [-0.1, -0.05) is 23.7 Å². The molecule has 1 saturated carbocycles. The Labute approximate surface area is 161 Å². The van der Waals surface area contributed by atoms with Crippen LogP contribution in [0.25, 0.3) is 0 Å². The second kappa shape index (κ2) is 9.18. The van der Waals surface area contributed by atoms with Gasteiger partial charge < -0.3 is 10.2 Å². The van der Waals surface area contributed by atoms with Crippen molar-refractivity contribution in [3.63, 3.8) is 0 Å². The van der Waals surface area contributed by atoms with Crippen molar-refractivity contribution in [3.05, 3.63) is 34.6 Å². The highest BCUT2D eigenvalue weighted by atomic mass is 35.5. The highest BCUT2D eigenvalue weighted by Crippen LogP contribution is 2.40. The van der Waals surface area contributed by atoms with Gasteiger partial charge in [0.05, 0.1) is 5.02 Å². The van der Waals surface area contributed by atoms with Crippen molar-refractivity contribution < 1.29 is 9.18 Å². The Morgan fingerprint density at radius 3 is 2.54 bits per heavy atom. The van der Waals surface area contributed by atoms with Crippen molar-refractivity contribution in [2.75, 3.05) is 19.6 Å². The molecule has 1 saturated heterocycles. The van der Waals surface area contributed by atoms with Gasteiger partial charge in [-0.2, -0.15) is 0 Å². The lowest BCUT2D eigenvalue weighted by Crippen LogP contribution is -2.44. The van der Waals surface area contributed by atoms with Gasteiger partial charge in [-0.25, -0.2) is 4.39 Å². The van der Waals surface area contributed by atoms with Crippen LogP contribution in [0.15, 0.2) is 18.2 Å². The van der Waals surface area contributed by atoms with Gasteiger partial charge in [-0.05, 0) is 75.0 Å². The minimum atomic E-state index is -0.300. The van der Waals surface area contributed by atoms with E-state index in [0.29, 0.717) is 17.0 Å². The summed E-state index contributed by atoms with van der Waals surface area (Å²) in [4.78, 5) is 13.3. The SMILES string of the molecule is CC(=O)N1CCC(NCCC2CCC(c3cccc(F)c3Cl)CC2)CC1. The van der Waals surface area contributed by atoms with Gasteiger partial charge in [0.25, 0.3) is 0 Å². The van der Waals surface area contributed by atoms with Crippen LogP contribution in [0, 0.1) is 11.7 Å². The van der Waals surface area contributed by atoms with E-state index in [1.807, 2.05) is 11.0 Å². The van der Waals surface area contributed by atoms with E-state index >= 15 is 0 Å². The van der Waals surface area contributed by atoms with Crippen molar-refractivity contribution in [1.29, 1.82) is 0 Å². The third-order valence-corrected chi connectivity index (χ3v) is 6.59. The molecule has 0 spiro atoms. The third-order valence-electron chi connectivity index (χ3n) is 6.19. The Morgan fingerprint density at radius 1 is 1.19 bits per heavy atom. The molecule has 2 fully saturated rings. The number of hydrogen-bond acceptors (Lipinski definition) is 2. The minimum absolute atomic E-state index is 0.193. The summed E-state index contributed by atoms with van der Waals surface area (Å²) in [5, 5.41) is 3.99. The zero-order valence-electron chi connectivity index (χ0n) is 15.6. The third kappa shape index (κ3) is 4.98. The molecular weight excluding hydrogens is 351 g/mol. The lowest BCUT2D eigenvalue weighted by molar-refractivity contribution is -0.129. The number of nitrogens with zero attached hydrogens (tertiary/aromatic N) is 1. The average molecular weight is 381 g/mol. The molecule has 1 amide bonds. The first-order chi connectivity index (χ1) is 12.5. The summed E-state index contributed by atoms with van der Waals surface area (Å²) in [6, 6.07) is 5.73. The van der Waals surface area contributed by atoms with Gasteiger partial charge in [0.15, 0.2) is 0 Å². The fourth-order valence-electron chi connectivity index (χ4n) is 4.49. The molecule has 26 heavy (non-hydrogen) atoms. The van der Waals surface area contributed by atoms with Gasteiger partial charge >= 0.3 is 0 Å². The largest absolute Gasteiger partial charge is 0.343 e. The zero-order chi connectivity index (χ0) is 18.5. The van der Waals surface area contributed by atoms with Crippen LogP contribution in [0.1, 0.15) is 63.4 Å². The molecule has 0 atom stereocenters. The first-order valence-corrected chi connectivity index (χ1v) is 10.3. The molecule has 1 aromatic carbocycles. The lowest BCUT2D eigenvalue weighted by Gasteiger charge is -2.33. The molecule has 0 unspecified atom stereocenters. The smallest absolute Gasteiger partial charge is 0.219 e. The van der Waals surface area contributed by atoms with Gasteiger partial charge in [0.2, 0.25) is 5.91 Å². The number of halogens is 2. The molecule has 1 aromatic rings. The monoisotopic (exact) mass is 380 g/mol. The van der Waals surface area contributed by atoms with Crippen molar-refractivity contribution in [1.82, 2.24) is 10.2 Å². The summed E-state index contributed by atoms with van der Waals surface area (Å²) in [6.45, 7) is 4.47. The van der Waals surface area contributed by atoms with E-state index in [4.69, 9.17) is 11.6 Å². The summed E-state index contributed by atoms with van der Waals surface area (Å²) in [7, 11) is 0. The van der Waals surface area contributed by atoms with E-state index in [1.54, 1.807) is 13.0 Å². The molecule has 3 nitrogen and oxygen atoms in total. The van der Waals surface area contributed by atoms with Crippen molar-refractivity contribution in [2.24, 2.45) is 5.92 Å². The number of benzene rings is 1. The van der Waals surface area contributed by atoms with Crippen molar-refractivity contribution in [2.45, 2.75) is 63.8 Å². The molecule has 1 heterocycles. The normalized spacial score (nSPS) is 24.7. The Balaban J connectivity index is 1.36. The van der Waals surface area contributed by atoms with Gasteiger partial charge in [-0.15, -0.1) is 0 Å². The van der Waals surface area contributed by atoms with Crippen LogP contribution in [0.4, 0.5) is 4.39 Å².